The maximum Gasteiger partial charge on any atom is 0.335 e. The number of amides is 2. The molecule has 0 bridgehead atoms. The molecule has 0 aliphatic carbocycles. The highest BCUT2D eigenvalue weighted by atomic mass is 16.5. The second kappa shape index (κ2) is 23.8. The van der Waals surface area contributed by atoms with Crippen molar-refractivity contribution in [2.75, 3.05) is 17.7 Å². The number of methoxy groups -OCH3 is 1. The molecule has 1 unspecified atom stereocenters. The van der Waals surface area contributed by atoms with Crippen LogP contribution in [0.25, 0.3) is 0 Å². The van der Waals surface area contributed by atoms with E-state index in [4.69, 9.17) is 4.74 Å². The van der Waals surface area contributed by atoms with Gasteiger partial charge in [0.2, 0.25) is 11.8 Å². The van der Waals surface area contributed by atoms with Gasteiger partial charge in [0.15, 0.2) is 5.78 Å². The van der Waals surface area contributed by atoms with Crippen LogP contribution in [0.15, 0.2) is 54.6 Å². The van der Waals surface area contributed by atoms with Crippen molar-refractivity contribution in [3.8, 4) is 5.75 Å². The Morgan fingerprint density at radius 1 is 0.735 bits per heavy atom. The molecular formula is C39H54N2O8. The predicted octanol–water partition coefficient (Wildman–Crippen LogP) is 9.06. The van der Waals surface area contributed by atoms with Gasteiger partial charge in [-0.05, 0) is 55.3 Å². The number of benzene rings is 2. The molecule has 0 radical (unpaired) electrons. The van der Waals surface area contributed by atoms with Gasteiger partial charge in [0.1, 0.15) is 5.75 Å². The standard InChI is InChI=1S/C39H54N2O8/c1-3-4-5-6-7-8-9-10-11-12-13-14-15-16-17-18-19-30(27-37(44)45)38(46)40-32-23-20-29(21-24-32)34(42)28-36(43)41-33-26-31(39(47)48)22-25-35(33)49-2/h18-26,30H,3-17,27-28H2,1-2H3,(H,40,46)(H,41,43)(H,44,45)(H,47,48). The molecule has 0 fully saturated rings. The molecule has 2 aromatic carbocycles. The number of unbranched alkanes of at least 4 members (excludes halogenated alkanes) is 14. The van der Waals surface area contributed by atoms with E-state index in [9.17, 15) is 34.2 Å². The fraction of sp³-hybridized carbons (Fsp3) is 0.513. The molecule has 0 aliphatic rings. The number of allylic oxidation sites excluding steroid dienone is 1. The Balaban J connectivity index is 1.74. The monoisotopic (exact) mass is 678 g/mol. The summed E-state index contributed by atoms with van der Waals surface area (Å²) in [5.41, 5.74) is 0.695. The minimum absolute atomic E-state index is 0.0498. The topological polar surface area (TPSA) is 159 Å². The van der Waals surface area contributed by atoms with E-state index in [2.05, 4.69) is 17.6 Å². The fourth-order valence-electron chi connectivity index (χ4n) is 5.51. The van der Waals surface area contributed by atoms with Crippen molar-refractivity contribution in [2.45, 2.75) is 116 Å². The van der Waals surface area contributed by atoms with Gasteiger partial charge < -0.3 is 25.6 Å². The van der Waals surface area contributed by atoms with Crippen LogP contribution in [0.5, 0.6) is 5.75 Å². The number of aromatic carboxylic acids is 1. The van der Waals surface area contributed by atoms with Crippen LogP contribution in [0.1, 0.15) is 137 Å². The summed E-state index contributed by atoms with van der Waals surface area (Å²) in [6.07, 6.45) is 21.4. The number of carbonyl (C=O) groups excluding carboxylic acids is 3. The molecule has 10 heteroatoms. The van der Waals surface area contributed by atoms with Gasteiger partial charge in [0.25, 0.3) is 0 Å². The van der Waals surface area contributed by atoms with Gasteiger partial charge in [-0.2, -0.15) is 0 Å². The van der Waals surface area contributed by atoms with Crippen LogP contribution in [0.2, 0.25) is 0 Å². The number of rotatable bonds is 26. The molecule has 0 spiro atoms. The Hall–Kier alpha value is -4.47. The third-order valence-corrected chi connectivity index (χ3v) is 8.34. The molecule has 2 rings (SSSR count). The van der Waals surface area contributed by atoms with Gasteiger partial charge in [0.05, 0.1) is 37.1 Å². The summed E-state index contributed by atoms with van der Waals surface area (Å²) >= 11 is 0. The summed E-state index contributed by atoms with van der Waals surface area (Å²) in [5, 5.41) is 23.8. The van der Waals surface area contributed by atoms with E-state index in [1.807, 2.05) is 6.08 Å². The molecular weight excluding hydrogens is 624 g/mol. The molecule has 2 amide bonds. The van der Waals surface area contributed by atoms with Gasteiger partial charge in [-0.3, -0.25) is 19.2 Å². The molecule has 2 aromatic rings. The average Bonchev–Trinajstić information content (AvgIpc) is 3.07. The molecule has 0 aliphatic heterocycles. The Labute approximate surface area is 290 Å². The summed E-state index contributed by atoms with van der Waals surface area (Å²) < 4.78 is 5.16. The Kier molecular flexibility index (Phi) is 19.8. The first-order valence-electron chi connectivity index (χ1n) is 17.7. The molecule has 4 N–H and O–H groups in total. The molecule has 0 saturated carbocycles. The lowest BCUT2D eigenvalue weighted by atomic mass is 10.0. The molecule has 10 nitrogen and oxygen atoms in total. The number of nitrogens with one attached hydrogen (secondary N) is 2. The van der Waals surface area contributed by atoms with E-state index >= 15 is 0 Å². The molecule has 268 valence electrons. The van der Waals surface area contributed by atoms with Gasteiger partial charge in [-0.1, -0.05) is 103 Å². The number of hydrogen-bond acceptors (Lipinski definition) is 6. The van der Waals surface area contributed by atoms with Crippen molar-refractivity contribution in [1.29, 1.82) is 0 Å². The van der Waals surface area contributed by atoms with Crippen molar-refractivity contribution in [3.63, 3.8) is 0 Å². The van der Waals surface area contributed by atoms with Crippen molar-refractivity contribution < 1.29 is 38.9 Å². The maximum absolute atomic E-state index is 12.9. The molecule has 0 heterocycles. The summed E-state index contributed by atoms with van der Waals surface area (Å²) in [7, 11) is 1.37. The number of aliphatic carboxylic acids is 1. The molecule has 0 saturated heterocycles. The van der Waals surface area contributed by atoms with Crippen LogP contribution in [-0.2, 0) is 14.4 Å². The van der Waals surface area contributed by atoms with Crippen molar-refractivity contribution in [3.05, 3.63) is 65.7 Å². The zero-order valence-corrected chi connectivity index (χ0v) is 29.1. The lowest BCUT2D eigenvalue weighted by molar-refractivity contribution is -0.139. The molecule has 49 heavy (non-hydrogen) atoms. The number of ether oxygens (including phenoxy) is 1. The zero-order chi connectivity index (χ0) is 35.9. The van der Waals surface area contributed by atoms with Gasteiger partial charge in [0, 0.05) is 11.3 Å². The second-order valence-electron chi connectivity index (χ2n) is 12.5. The lowest BCUT2D eigenvalue weighted by Gasteiger charge is -2.12. The summed E-state index contributed by atoms with van der Waals surface area (Å²) in [4.78, 5) is 60.9. The van der Waals surface area contributed by atoms with E-state index < -0.39 is 41.9 Å². The predicted molar refractivity (Wildman–Crippen MR) is 192 cm³/mol. The summed E-state index contributed by atoms with van der Waals surface area (Å²) in [6.45, 7) is 2.25. The number of hydrogen-bond donors (Lipinski definition) is 4. The Morgan fingerprint density at radius 2 is 1.29 bits per heavy atom. The second-order valence-corrected chi connectivity index (χ2v) is 12.5. The van der Waals surface area contributed by atoms with Crippen molar-refractivity contribution in [2.24, 2.45) is 5.92 Å². The largest absolute Gasteiger partial charge is 0.495 e. The first kappa shape index (κ1) is 40.7. The normalized spacial score (nSPS) is 11.6. The minimum Gasteiger partial charge on any atom is -0.495 e. The van der Waals surface area contributed by atoms with Gasteiger partial charge in [-0.25, -0.2) is 4.79 Å². The average molecular weight is 679 g/mol. The van der Waals surface area contributed by atoms with E-state index in [0.717, 1.165) is 19.3 Å². The maximum atomic E-state index is 12.9. The van der Waals surface area contributed by atoms with Crippen LogP contribution < -0.4 is 15.4 Å². The fourth-order valence-corrected chi connectivity index (χ4v) is 5.51. The first-order valence-corrected chi connectivity index (χ1v) is 17.7. The van der Waals surface area contributed by atoms with Crippen molar-refractivity contribution in [1.82, 2.24) is 0 Å². The smallest absolute Gasteiger partial charge is 0.335 e. The van der Waals surface area contributed by atoms with Crippen LogP contribution in [-0.4, -0.2) is 46.9 Å². The van der Waals surface area contributed by atoms with E-state index in [-0.39, 0.29) is 29.0 Å². The minimum atomic E-state index is -1.17. The van der Waals surface area contributed by atoms with E-state index in [1.54, 1.807) is 6.08 Å². The van der Waals surface area contributed by atoms with Gasteiger partial charge >= 0.3 is 11.9 Å². The lowest BCUT2D eigenvalue weighted by Crippen LogP contribution is -2.23. The van der Waals surface area contributed by atoms with Crippen LogP contribution in [0.4, 0.5) is 11.4 Å². The van der Waals surface area contributed by atoms with Gasteiger partial charge in [-0.15, -0.1) is 0 Å². The highest BCUT2D eigenvalue weighted by Crippen LogP contribution is 2.26. The third-order valence-electron chi connectivity index (χ3n) is 8.34. The molecule has 1 atom stereocenters. The number of ketones is 1. The summed E-state index contributed by atoms with van der Waals surface area (Å²) in [6, 6.07) is 9.95. The number of carboxylic acids is 2. The SMILES string of the molecule is CCCCCCCCCCCCCCCCC=CC(CC(=O)O)C(=O)Nc1ccc(C(=O)CC(=O)Nc2cc(C(=O)O)ccc2OC)cc1. The van der Waals surface area contributed by atoms with E-state index in [1.165, 1.54) is 127 Å². The third kappa shape index (κ3) is 17.0. The van der Waals surface area contributed by atoms with Crippen LogP contribution in [0.3, 0.4) is 0 Å². The van der Waals surface area contributed by atoms with Crippen LogP contribution in [0, 0.1) is 5.92 Å². The number of carbonyl (C=O) groups is 5. The van der Waals surface area contributed by atoms with Crippen molar-refractivity contribution >= 4 is 40.9 Å². The van der Waals surface area contributed by atoms with E-state index in [0.29, 0.717) is 5.69 Å². The highest BCUT2D eigenvalue weighted by molar-refractivity contribution is 6.11. The first-order chi connectivity index (χ1) is 23.6. The zero-order valence-electron chi connectivity index (χ0n) is 29.1. The Morgan fingerprint density at radius 3 is 1.82 bits per heavy atom. The molecule has 0 aromatic heterocycles. The Bertz CT molecular complexity index is 1370. The highest BCUT2D eigenvalue weighted by Gasteiger charge is 2.20. The number of anilines is 2. The van der Waals surface area contributed by atoms with Crippen LogP contribution >= 0.6 is 0 Å². The number of carboxylic acid groups (broad SMARTS) is 2. The quantitative estimate of drug-likeness (QED) is 0.0332. The summed E-state index contributed by atoms with van der Waals surface area (Å²) in [5.74, 6) is -4.45. The number of Topliss-reactive ketones (excluding diaryl/α,β-unsaturated/α-hetero) is 1.